The normalized spacial score (nSPS) is 10.6. The quantitative estimate of drug-likeness (QED) is 0.399. The summed E-state index contributed by atoms with van der Waals surface area (Å²) in [4.78, 5) is 37.8. The van der Waals surface area contributed by atoms with Crippen molar-refractivity contribution in [2.45, 2.75) is 0 Å². The number of aromatic nitrogens is 3. The first-order chi connectivity index (χ1) is 11.5. The van der Waals surface area contributed by atoms with E-state index in [2.05, 4.69) is 26.0 Å². The first kappa shape index (κ1) is 16.9. The van der Waals surface area contributed by atoms with Gasteiger partial charge >= 0.3 is 5.69 Å². The maximum absolute atomic E-state index is 11.6. The topological polar surface area (TPSA) is 135 Å². The Kier molecular flexibility index (Phi) is 5.45. The van der Waals surface area contributed by atoms with E-state index in [1.165, 1.54) is 6.21 Å². The second kappa shape index (κ2) is 7.72. The van der Waals surface area contributed by atoms with Crippen LogP contribution in [0.25, 0.3) is 0 Å². The predicted molar refractivity (Wildman–Crippen MR) is 90.5 cm³/mol. The van der Waals surface area contributed by atoms with Gasteiger partial charge in [-0.3, -0.25) is 14.6 Å². The zero-order valence-corrected chi connectivity index (χ0v) is 13.2. The minimum Gasteiger partial charge on any atom is -0.378 e. The number of anilines is 2. The predicted octanol–water partition coefficient (Wildman–Crippen LogP) is -0.914. The van der Waals surface area contributed by atoms with E-state index < -0.39 is 17.2 Å². The molecule has 0 bridgehead atoms. The molecule has 1 aromatic carbocycles. The Balaban J connectivity index is 1.84. The number of carbonyl (C=O) groups excluding carboxylic acids is 1. The Labute approximate surface area is 136 Å². The summed E-state index contributed by atoms with van der Waals surface area (Å²) in [5.74, 6) is -0.628. The molecule has 1 aromatic heterocycles. The van der Waals surface area contributed by atoms with Gasteiger partial charge in [0.1, 0.15) is 0 Å². The van der Waals surface area contributed by atoms with Crippen LogP contribution in [-0.2, 0) is 4.79 Å². The fourth-order valence-electron chi connectivity index (χ4n) is 1.71. The van der Waals surface area contributed by atoms with Gasteiger partial charge in [-0.2, -0.15) is 5.10 Å². The number of benzene rings is 1. The van der Waals surface area contributed by atoms with Crippen LogP contribution in [0.5, 0.6) is 0 Å². The Hall–Kier alpha value is -3.43. The fourth-order valence-corrected chi connectivity index (χ4v) is 1.71. The zero-order chi connectivity index (χ0) is 17.5. The molecule has 0 radical (unpaired) electrons. The third-order valence-corrected chi connectivity index (χ3v) is 2.94. The standard InChI is InChI=1S/C14H17N7O3/c1-21(2)10-5-3-9(4-6-10)7-16-18-11(22)8-15-12-13(23)17-14(24)20-19-12/h3-7H,8H2,1-2H3,(H,15,19)(H,18,22)(H2,17,20,23,24)/b16-7-. The van der Waals surface area contributed by atoms with E-state index >= 15 is 0 Å². The van der Waals surface area contributed by atoms with E-state index in [9.17, 15) is 14.4 Å². The van der Waals surface area contributed by atoms with Gasteiger partial charge in [0.2, 0.25) is 5.82 Å². The summed E-state index contributed by atoms with van der Waals surface area (Å²) in [5, 5.41) is 11.9. The number of hydrogen-bond acceptors (Lipinski definition) is 7. The first-order valence-electron chi connectivity index (χ1n) is 6.98. The van der Waals surface area contributed by atoms with Crippen molar-refractivity contribution in [3.63, 3.8) is 0 Å². The van der Waals surface area contributed by atoms with Crippen molar-refractivity contribution >= 4 is 23.6 Å². The average Bonchev–Trinajstić information content (AvgIpc) is 2.54. The number of aromatic amines is 2. The molecular weight excluding hydrogens is 314 g/mol. The lowest BCUT2D eigenvalue weighted by molar-refractivity contribution is -0.119. The van der Waals surface area contributed by atoms with Crippen LogP contribution >= 0.6 is 0 Å². The molecule has 126 valence electrons. The summed E-state index contributed by atoms with van der Waals surface area (Å²) in [6.45, 7) is -0.223. The molecule has 2 aromatic rings. The third kappa shape index (κ3) is 4.80. The number of rotatable bonds is 6. The van der Waals surface area contributed by atoms with E-state index in [0.29, 0.717) is 0 Å². The minimum absolute atomic E-state index is 0.159. The second-order valence-electron chi connectivity index (χ2n) is 4.99. The Morgan fingerprint density at radius 1 is 1.29 bits per heavy atom. The van der Waals surface area contributed by atoms with Crippen LogP contribution in [-0.4, -0.2) is 47.9 Å². The SMILES string of the molecule is CN(C)c1ccc(/C=N\NC(=O)CNc2n[nH]c(=O)[nH]c2=O)cc1. The molecular formula is C14H17N7O3. The summed E-state index contributed by atoms with van der Waals surface area (Å²) < 4.78 is 0. The number of nitrogens with one attached hydrogen (secondary N) is 4. The van der Waals surface area contributed by atoms with Gasteiger partial charge in [0.15, 0.2) is 0 Å². The van der Waals surface area contributed by atoms with E-state index in [1.807, 2.05) is 48.2 Å². The van der Waals surface area contributed by atoms with E-state index in [1.54, 1.807) is 0 Å². The lowest BCUT2D eigenvalue weighted by atomic mass is 10.2. The zero-order valence-electron chi connectivity index (χ0n) is 13.2. The highest BCUT2D eigenvalue weighted by Gasteiger charge is 2.04. The first-order valence-corrected chi connectivity index (χ1v) is 6.98. The van der Waals surface area contributed by atoms with Gasteiger partial charge in [-0.15, -0.1) is 5.10 Å². The van der Waals surface area contributed by atoms with Gasteiger partial charge in [-0.05, 0) is 17.7 Å². The third-order valence-electron chi connectivity index (χ3n) is 2.94. The Morgan fingerprint density at radius 3 is 2.62 bits per heavy atom. The van der Waals surface area contributed by atoms with Crippen LogP contribution in [0.2, 0.25) is 0 Å². The summed E-state index contributed by atoms with van der Waals surface area (Å²) in [6.07, 6.45) is 1.50. The number of hydrazone groups is 1. The lowest BCUT2D eigenvalue weighted by Gasteiger charge is -2.11. The molecule has 0 aliphatic heterocycles. The highest BCUT2D eigenvalue weighted by atomic mass is 16.2. The van der Waals surface area contributed by atoms with Crippen molar-refractivity contribution in [3.05, 3.63) is 50.7 Å². The van der Waals surface area contributed by atoms with Crippen LogP contribution < -0.4 is 26.9 Å². The molecule has 10 heteroatoms. The Bertz CT molecular complexity index is 836. The number of carbonyl (C=O) groups is 1. The molecule has 24 heavy (non-hydrogen) atoms. The Morgan fingerprint density at radius 2 is 2.00 bits per heavy atom. The molecule has 1 amide bonds. The van der Waals surface area contributed by atoms with Crippen molar-refractivity contribution in [1.29, 1.82) is 0 Å². The highest BCUT2D eigenvalue weighted by Crippen LogP contribution is 2.10. The molecule has 0 saturated heterocycles. The van der Waals surface area contributed by atoms with Crippen LogP contribution in [0.15, 0.2) is 39.0 Å². The molecule has 0 unspecified atom stereocenters. The van der Waals surface area contributed by atoms with Crippen molar-refractivity contribution in [2.75, 3.05) is 30.9 Å². The number of hydrogen-bond donors (Lipinski definition) is 4. The summed E-state index contributed by atoms with van der Waals surface area (Å²) in [7, 11) is 3.89. The van der Waals surface area contributed by atoms with Gasteiger partial charge in [0.05, 0.1) is 12.8 Å². The molecule has 1 heterocycles. The molecule has 0 atom stereocenters. The largest absolute Gasteiger partial charge is 0.378 e. The average molecular weight is 331 g/mol. The van der Waals surface area contributed by atoms with Crippen LogP contribution in [0, 0.1) is 0 Å². The molecule has 0 fully saturated rings. The minimum atomic E-state index is -0.722. The molecule has 2 rings (SSSR count). The fraction of sp³-hybridized carbons (Fsp3) is 0.214. The monoisotopic (exact) mass is 331 g/mol. The molecule has 0 spiro atoms. The number of nitrogens with zero attached hydrogens (tertiary/aromatic N) is 3. The van der Waals surface area contributed by atoms with Gasteiger partial charge in [-0.1, -0.05) is 12.1 Å². The summed E-state index contributed by atoms with van der Waals surface area (Å²) in [5.41, 5.74) is 2.76. The van der Waals surface area contributed by atoms with E-state index in [0.717, 1.165) is 11.3 Å². The van der Waals surface area contributed by atoms with Crippen LogP contribution in [0.1, 0.15) is 5.56 Å². The van der Waals surface area contributed by atoms with Gasteiger partial charge in [-0.25, -0.2) is 15.3 Å². The van der Waals surface area contributed by atoms with E-state index in [4.69, 9.17) is 0 Å². The van der Waals surface area contributed by atoms with Crippen molar-refractivity contribution in [2.24, 2.45) is 5.10 Å². The second-order valence-corrected chi connectivity index (χ2v) is 4.99. The lowest BCUT2D eigenvalue weighted by Crippen LogP contribution is -2.31. The van der Waals surface area contributed by atoms with Gasteiger partial charge in [0, 0.05) is 19.8 Å². The van der Waals surface area contributed by atoms with Gasteiger partial charge in [0.25, 0.3) is 11.5 Å². The van der Waals surface area contributed by atoms with Crippen molar-refractivity contribution in [1.82, 2.24) is 20.6 Å². The molecule has 0 aliphatic carbocycles. The van der Waals surface area contributed by atoms with Crippen molar-refractivity contribution < 1.29 is 4.79 Å². The number of amides is 1. The van der Waals surface area contributed by atoms with Crippen molar-refractivity contribution in [3.8, 4) is 0 Å². The summed E-state index contributed by atoms with van der Waals surface area (Å²) >= 11 is 0. The maximum atomic E-state index is 11.6. The maximum Gasteiger partial charge on any atom is 0.342 e. The molecule has 4 N–H and O–H groups in total. The molecule has 10 nitrogen and oxygen atoms in total. The van der Waals surface area contributed by atoms with Crippen LogP contribution in [0.3, 0.4) is 0 Å². The number of H-pyrrole nitrogens is 2. The van der Waals surface area contributed by atoms with Gasteiger partial charge < -0.3 is 10.2 Å². The molecule has 0 aliphatic rings. The highest BCUT2D eigenvalue weighted by molar-refractivity contribution is 5.84. The van der Waals surface area contributed by atoms with Crippen LogP contribution in [0.4, 0.5) is 11.5 Å². The van der Waals surface area contributed by atoms with E-state index in [-0.39, 0.29) is 12.4 Å². The molecule has 0 saturated carbocycles. The summed E-state index contributed by atoms with van der Waals surface area (Å²) in [6, 6.07) is 7.59. The smallest absolute Gasteiger partial charge is 0.342 e.